The van der Waals surface area contributed by atoms with Crippen LogP contribution in [0.25, 0.3) is 0 Å². The fourth-order valence-corrected chi connectivity index (χ4v) is 0.510. The predicted octanol–water partition coefficient (Wildman–Crippen LogP) is 0.878. The normalized spacial score (nSPS) is 20.0. The molecule has 0 bridgehead atoms. The lowest BCUT2D eigenvalue weighted by Crippen LogP contribution is -1.74. The summed E-state index contributed by atoms with van der Waals surface area (Å²) in [4.78, 5) is 0. The van der Waals surface area contributed by atoms with Gasteiger partial charge in [-0.05, 0) is 12.8 Å². The van der Waals surface area contributed by atoms with E-state index in [0.29, 0.717) is 0 Å². The van der Waals surface area contributed by atoms with E-state index in [2.05, 4.69) is 0 Å². The van der Waals surface area contributed by atoms with Crippen molar-refractivity contribution < 1.29 is 4.74 Å². The zero-order valence-corrected chi connectivity index (χ0v) is 3.74. The molecule has 0 amide bonds. The van der Waals surface area contributed by atoms with Gasteiger partial charge in [-0.15, -0.1) is 0 Å². The van der Waals surface area contributed by atoms with Crippen LogP contribution < -0.4 is 0 Å². The third-order valence-corrected chi connectivity index (χ3v) is 0.827. The minimum atomic E-state index is 0. The second-order valence-electron chi connectivity index (χ2n) is 1.32. The van der Waals surface area contributed by atoms with Gasteiger partial charge in [-0.2, -0.15) is 0 Å². The van der Waals surface area contributed by atoms with Crippen LogP contribution in [0.5, 0.6) is 0 Å². The summed E-state index contributed by atoms with van der Waals surface area (Å²) in [7, 11) is 0. The summed E-state index contributed by atoms with van der Waals surface area (Å²) in [5.41, 5.74) is 0. The predicted molar refractivity (Wildman–Crippen MR) is 23.3 cm³/mol. The second-order valence-corrected chi connectivity index (χ2v) is 1.32. The summed E-state index contributed by atoms with van der Waals surface area (Å²) >= 11 is 0. The lowest BCUT2D eigenvalue weighted by Gasteiger charge is -1.76. The standard InChI is InChI=1S/C4H8O.C/c1-2-4-5-3-1;/h1-4H2;. The Hall–Kier alpha value is -0.0400. The largest absolute Gasteiger partial charge is 0.381 e. The molecule has 1 fully saturated rings. The molecule has 0 aliphatic carbocycles. The molecular weight excluding hydrogens is 76.1 g/mol. The van der Waals surface area contributed by atoms with E-state index in [-0.39, 0.29) is 7.43 Å². The van der Waals surface area contributed by atoms with Crippen LogP contribution in [0, 0.1) is 7.43 Å². The maximum atomic E-state index is 4.94. The Labute approximate surface area is 39.3 Å². The molecule has 6 heavy (non-hydrogen) atoms. The average molecular weight is 84.1 g/mol. The zero-order valence-electron chi connectivity index (χ0n) is 3.74. The van der Waals surface area contributed by atoms with Crippen LogP contribution in [0.15, 0.2) is 0 Å². The van der Waals surface area contributed by atoms with E-state index in [0.717, 1.165) is 13.2 Å². The van der Waals surface area contributed by atoms with Crippen molar-refractivity contribution in [2.75, 3.05) is 13.2 Å². The smallest absolute Gasteiger partial charge is 0.0466 e. The fraction of sp³-hybridized carbons (Fsp3) is 0.800. The average Bonchev–Trinajstić information content (AvgIpc) is 1.76. The third-order valence-electron chi connectivity index (χ3n) is 0.827. The van der Waals surface area contributed by atoms with Crippen LogP contribution in [-0.4, -0.2) is 13.2 Å². The van der Waals surface area contributed by atoms with Crippen molar-refractivity contribution in [1.82, 2.24) is 0 Å². The highest BCUT2D eigenvalue weighted by molar-refractivity contribution is 4.43. The summed E-state index contributed by atoms with van der Waals surface area (Å²) in [6, 6.07) is 0. The molecule has 0 aromatic rings. The minimum Gasteiger partial charge on any atom is -0.381 e. The van der Waals surface area contributed by atoms with E-state index in [4.69, 9.17) is 4.74 Å². The highest BCUT2D eigenvalue weighted by atomic mass is 16.5. The van der Waals surface area contributed by atoms with Gasteiger partial charge in [0.2, 0.25) is 0 Å². The van der Waals surface area contributed by atoms with Crippen LogP contribution in [-0.2, 0) is 4.74 Å². The van der Waals surface area contributed by atoms with Gasteiger partial charge in [0, 0.05) is 20.6 Å². The summed E-state index contributed by atoms with van der Waals surface area (Å²) < 4.78 is 4.94. The molecule has 1 aliphatic heterocycles. The molecule has 0 aromatic carbocycles. The van der Waals surface area contributed by atoms with Crippen molar-refractivity contribution in [3.05, 3.63) is 7.43 Å². The van der Waals surface area contributed by atoms with E-state index >= 15 is 0 Å². The SMILES string of the molecule is C1CCOC1.[C]. The van der Waals surface area contributed by atoms with Gasteiger partial charge >= 0.3 is 0 Å². The summed E-state index contributed by atoms with van der Waals surface area (Å²) in [6.07, 6.45) is 2.56. The van der Waals surface area contributed by atoms with Gasteiger partial charge in [-0.25, -0.2) is 0 Å². The number of ether oxygens (including phenoxy) is 1. The summed E-state index contributed by atoms with van der Waals surface area (Å²) in [6.45, 7) is 2.00. The Balaban J connectivity index is 0.000000250. The Kier molecular flexibility index (Phi) is 3.14. The van der Waals surface area contributed by atoms with Gasteiger partial charge in [0.05, 0.1) is 0 Å². The first-order chi connectivity index (χ1) is 2.50. The highest BCUT2D eigenvalue weighted by Crippen LogP contribution is 1.98. The van der Waals surface area contributed by atoms with Gasteiger partial charge in [0.1, 0.15) is 0 Å². The Morgan fingerprint density at radius 1 is 1.00 bits per heavy atom. The molecule has 0 unspecified atom stereocenters. The molecular formula is C5H8O. The Morgan fingerprint density at radius 3 is 1.67 bits per heavy atom. The molecule has 1 heterocycles. The Morgan fingerprint density at radius 2 is 1.50 bits per heavy atom. The van der Waals surface area contributed by atoms with Crippen LogP contribution in [0.3, 0.4) is 0 Å². The lowest BCUT2D eigenvalue weighted by molar-refractivity contribution is 0.198. The van der Waals surface area contributed by atoms with Crippen molar-refractivity contribution in [3.63, 3.8) is 0 Å². The van der Waals surface area contributed by atoms with Crippen LogP contribution in [0.2, 0.25) is 0 Å². The van der Waals surface area contributed by atoms with Gasteiger partial charge < -0.3 is 4.74 Å². The molecule has 1 heteroatoms. The first kappa shape index (κ1) is 5.96. The first-order valence-electron chi connectivity index (χ1n) is 2.08. The van der Waals surface area contributed by atoms with E-state index in [1.54, 1.807) is 0 Å². The molecule has 0 N–H and O–H groups in total. The molecule has 0 saturated carbocycles. The molecule has 34 valence electrons. The maximum absolute atomic E-state index is 4.94. The lowest BCUT2D eigenvalue weighted by atomic mass is 10.4. The van der Waals surface area contributed by atoms with Gasteiger partial charge in [-0.3, -0.25) is 0 Å². The molecule has 1 saturated heterocycles. The van der Waals surface area contributed by atoms with Gasteiger partial charge in [0.25, 0.3) is 0 Å². The first-order valence-corrected chi connectivity index (χ1v) is 2.08. The number of hydrogen-bond acceptors (Lipinski definition) is 1. The molecule has 1 nitrogen and oxygen atoms in total. The van der Waals surface area contributed by atoms with Crippen LogP contribution in [0.4, 0.5) is 0 Å². The van der Waals surface area contributed by atoms with Crippen molar-refractivity contribution in [3.8, 4) is 0 Å². The maximum Gasteiger partial charge on any atom is 0.0466 e. The minimum absolute atomic E-state index is 0. The fourth-order valence-electron chi connectivity index (χ4n) is 0.510. The highest BCUT2D eigenvalue weighted by Gasteiger charge is 1.94. The number of hydrogen-bond donors (Lipinski definition) is 0. The second kappa shape index (κ2) is 3.16. The van der Waals surface area contributed by atoms with E-state index in [1.807, 2.05) is 0 Å². The van der Waals surface area contributed by atoms with Crippen molar-refractivity contribution in [1.29, 1.82) is 0 Å². The van der Waals surface area contributed by atoms with E-state index in [1.165, 1.54) is 12.8 Å². The Bertz CT molecular complexity index is 15.5. The molecule has 1 aliphatic rings. The van der Waals surface area contributed by atoms with E-state index in [9.17, 15) is 0 Å². The molecule has 0 aromatic heterocycles. The molecule has 0 spiro atoms. The quantitative estimate of drug-likeness (QED) is 0.423. The van der Waals surface area contributed by atoms with Crippen molar-refractivity contribution in [2.24, 2.45) is 0 Å². The monoisotopic (exact) mass is 84.1 g/mol. The van der Waals surface area contributed by atoms with Crippen LogP contribution >= 0.6 is 0 Å². The van der Waals surface area contributed by atoms with E-state index < -0.39 is 0 Å². The number of rotatable bonds is 0. The van der Waals surface area contributed by atoms with Gasteiger partial charge in [0.15, 0.2) is 0 Å². The summed E-state index contributed by atoms with van der Waals surface area (Å²) in [5.74, 6) is 0. The van der Waals surface area contributed by atoms with Crippen molar-refractivity contribution >= 4 is 0 Å². The zero-order chi connectivity index (χ0) is 3.54. The topological polar surface area (TPSA) is 9.23 Å². The van der Waals surface area contributed by atoms with Gasteiger partial charge in [-0.1, -0.05) is 0 Å². The van der Waals surface area contributed by atoms with Crippen LogP contribution in [0.1, 0.15) is 12.8 Å². The molecule has 0 atom stereocenters. The molecule has 1 rings (SSSR count). The molecule has 4 radical (unpaired) electrons. The summed E-state index contributed by atoms with van der Waals surface area (Å²) in [5, 5.41) is 0. The third kappa shape index (κ3) is 1.41. The van der Waals surface area contributed by atoms with Crippen molar-refractivity contribution in [2.45, 2.75) is 12.8 Å².